The van der Waals surface area contributed by atoms with Crippen LogP contribution >= 0.6 is 0 Å². The maximum absolute atomic E-state index is 13.8. The average molecular weight is 1110 g/mol. The standard InChI is InChI=1S/C27H29F7N2O3.C26H27F7N2O3/c1-5-39-24(37)17-8-9-36(23(13-17)22-7-6-21(28)10-15(22)2)25(38)35(4)16(3)18-11-19(26(29,30)31)14-20(12-18)27(32,33)34;1-4-38-23(36)17-7-8-35(22(12-17)21-6-5-20(27)9-15(21)2)24(37)34(3)14-16-10-18(25(28,29)30)13-19(11-16)26(31,32)33/h6-7,10-12,14,16-17,23H,5,8-9,13H2,1-4H3;5-6,9-11,13,17,22H,4,7-8,12,14H2,1-3H3/t16-,17-,23+;17-,22+/m00/s1. The second-order valence-corrected chi connectivity index (χ2v) is 18.8. The first-order chi connectivity index (χ1) is 35.7. The molecule has 0 radical (unpaired) electrons. The van der Waals surface area contributed by atoms with Gasteiger partial charge in [0.25, 0.3) is 0 Å². The summed E-state index contributed by atoms with van der Waals surface area (Å²) < 4.78 is 198. The SMILES string of the molecule is CCOC(=O)[C@H]1CCN(C(=O)N(C)Cc2cc(C(F)(F)F)cc(C(F)(F)F)c2)[C@@H](c2ccc(F)cc2C)C1.CCOC(=O)[C@H]1CCN(C(=O)N(C)[C@@H](C)c2cc(C(F)(F)F)cc(C(F)(F)F)c2)[C@@H](c2ccc(F)cc2C)C1. The van der Waals surface area contributed by atoms with E-state index in [0.717, 1.165) is 9.80 Å². The molecule has 10 nitrogen and oxygen atoms in total. The summed E-state index contributed by atoms with van der Waals surface area (Å²) in [6.07, 6.45) is -19.3. The van der Waals surface area contributed by atoms with Gasteiger partial charge in [-0.1, -0.05) is 12.1 Å². The number of rotatable bonds is 10. The first-order valence-corrected chi connectivity index (χ1v) is 24.1. The van der Waals surface area contributed by atoms with E-state index >= 15 is 0 Å². The molecule has 2 fully saturated rings. The number of amides is 4. The molecular weight excluding hydrogens is 1050 g/mol. The summed E-state index contributed by atoms with van der Waals surface area (Å²) in [5.74, 6) is -2.98. The van der Waals surface area contributed by atoms with Gasteiger partial charge in [0.15, 0.2) is 0 Å². The van der Waals surface area contributed by atoms with Gasteiger partial charge in [0.1, 0.15) is 11.6 Å². The second kappa shape index (κ2) is 24.4. The Morgan fingerprint density at radius 3 is 1.29 bits per heavy atom. The highest BCUT2D eigenvalue weighted by molar-refractivity contribution is 5.78. The van der Waals surface area contributed by atoms with Crippen LogP contribution in [0.1, 0.15) is 120 Å². The van der Waals surface area contributed by atoms with Crippen molar-refractivity contribution >= 4 is 24.0 Å². The van der Waals surface area contributed by atoms with Gasteiger partial charge in [-0.25, -0.2) is 18.4 Å². The number of carbonyl (C=O) groups is 4. The van der Waals surface area contributed by atoms with E-state index in [2.05, 4.69) is 0 Å². The average Bonchev–Trinajstić information content (AvgIpc) is 3.34. The molecule has 5 atom stereocenters. The molecule has 24 heteroatoms. The van der Waals surface area contributed by atoms with E-state index in [1.165, 1.54) is 67.2 Å². The monoisotopic (exact) mass is 1110 g/mol. The third-order valence-electron chi connectivity index (χ3n) is 13.5. The fraction of sp³-hybridized carbons (Fsp3) is 0.472. The maximum atomic E-state index is 13.8. The predicted molar refractivity (Wildman–Crippen MR) is 251 cm³/mol. The molecule has 77 heavy (non-hydrogen) atoms. The zero-order valence-electron chi connectivity index (χ0n) is 42.7. The number of aryl methyl sites for hydroxylation is 2. The van der Waals surface area contributed by atoms with Gasteiger partial charge in [-0.05, 0) is 154 Å². The molecule has 0 saturated carbocycles. The number of carbonyl (C=O) groups excluding carboxylic acids is 4. The van der Waals surface area contributed by atoms with Gasteiger partial charge in [-0.2, -0.15) is 52.7 Å². The summed E-state index contributed by atoms with van der Waals surface area (Å²) >= 11 is 0. The number of urea groups is 2. The number of nitrogens with zero attached hydrogens (tertiary/aromatic N) is 4. The zero-order valence-corrected chi connectivity index (χ0v) is 42.7. The Bertz CT molecular complexity index is 2700. The summed E-state index contributed by atoms with van der Waals surface area (Å²) in [4.78, 5) is 56.9. The molecule has 4 amide bonds. The van der Waals surface area contributed by atoms with Crippen LogP contribution in [0.4, 0.5) is 71.1 Å². The molecule has 6 rings (SSSR count). The number of hydrogen-bond acceptors (Lipinski definition) is 6. The maximum Gasteiger partial charge on any atom is 0.416 e. The third-order valence-corrected chi connectivity index (χ3v) is 13.5. The Labute approximate surface area is 434 Å². The predicted octanol–water partition coefficient (Wildman–Crippen LogP) is 14.0. The summed E-state index contributed by atoms with van der Waals surface area (Å²) in [5.41, 5.74) is -4.42. The van der Waals surface area contributed by atoms with Gasteiger partial charge >= 0.3 is 48.7 Å². The molecule has 422 valence electrons. The minimum atomic E-state index is -5.03. The molecule has 4 aromatic carbocycles. The van der Waals surface area contributed by atoms with Crippen molar-refractivity contribution in [2.24, 2.45) is 11.8 Å². The minimum absolute atomic E-state index is 0.0266. The summed E-state index contributed by atoms with van der Waals surface area (Å²) in [5, 5.41) is 0. The van der Waals surface area contributed by atoms with Crippen LogP contribution in [0.15, 0.2) is 72.8 Å². The summed E-state index contributed by atoms with van der Waals surface area (Å²) in [7, 11) is 2.55. The quantitative estimate of drug-likeness (QED) is 0.116. The van der Waals surface area contributed by atoms with Crippen molar-refractivity contribution < 1.29 is 90.1 Å². The molecule has 0 N–H and O–H groups in total. The molecule has 4 aromatic rings. The number of alkyl halides is 12. The van der Waals surface area contributed by atoms with E-state index in [-0.39, 0.29) is 75.2 Å². The zero-order chi connectivity index (χ0) is 57.7. The lowest BCUT2D eigenvalue weighted by atomic mass is 9.85. The van der Waals surface area contributed by atoms with Crippen molar-refractivity contribution in [1.82, 2.24) is 19.6 Å². The lowest BCUT2D eigenvalue weighted by molar-refractivity contribution is -0.151. The first-order valence-electron chi connectivity index (χ1n) is 24.1. The molecule has 2 aliphatic rings. The molecular formula is C53H56F14N4O6. The molecule has 0 aromatic heterocycles. The van der Waals surface area contributed by atoms with E-state index in [0.29, 0.717) is 46.5 Å². The highest BCUT2D eigenvalue weighted by atomic mass is 19.4. The number of halogens is 14. The Hall–Kier alpha value is -6.62. The number of hydrogen-bond donors (Lipinski definition) is 0. The van der Waals surface area contributed by atoms with E-state index < -0.39 is 119 Å². The number of benzene rings is 4. The second-order valence-electron chi connectivity index (χ2n) is 18.8. The fourth-order valence-corrected chi connectivity index (χ4v) is 9.44. The molecule has 0 spiro atoms. The van der Waals surface area contributed by atoms with E-state index in [9.17, 15) is 80.6 Å². The van der Waals surface area contributed by atoms with Gasteiger partial charge < -0.3 is 29.1 Å². The summed E-state index contributed by atoms with van der Waals surface area (Å²) in [6, 6.07) is 6.48. The van der Waals surface area contributed by atoms with Gasteiger partial charge in [-0.15, -0.1) is 0 Å². The topological polar surface area (TPSA) is 99.7 Å². The molecule has 2 aliphatic heterocycles. The van der Waals surface area contributed by atoms with Crippen LogP contribution in [-0.4, -0.2) is 84.0 Å². The minimum Gasteiger partial charge on any atom is -0.466 e. The van der Waals surface area contributed by atoms with E-state index in [1.807, 2.05) is 0 Å². The van der Waals surface area contributed by atoms with Gasteiger partial charge in [0, 0.05) is 33.7 Å². The largest absolute Gasteiger partial charge is 0.466 e. The first kappa shape index (κ1) is 61.2. The van der Waals surface area contributed by atoms with Crippen LogP contribution in [0, 0.1) is 37.3 Å². The highest BCUT2D eigenvalue weighted by Crippen LogP contribution is 2.43. The summed E-state index contributed by atoms with van der Waals surface area (Å²) in [6.45, 7) is 7.87. The van der Waals surface area contributed by atoms with Crippen LogP contribution in [0.5, 0.6) is 0 Å². The van der Waals surface area contributed by atoms with E-state index in [1.54, 1.807) is 27.7 Å². The van der Waals surface area contributed by atoms with Gasteiger partial charge in [-0.3, -0.25) is 9.59 Å². The molecule has 0 bridgehead atoms. The molecule has 2 heterocycles. The number of piperidine rings is 2. The molecule has 2 saturated heterocycles. The fourth-order valence-electron chi connectivity index (χ4n) is 9.44. The van der Waals surface area contributed by atoms with Crippen molar-refractivity contribution in [1.29, 1.82) is 0 Å². The van der Waals surface area contributed by atoms with Crippen LogP contribution in [-0.2, 0) is 50.3 Å². The van der Waals surface area contributed by atoms with Crippen LogP contribution < -0.4 is 0 Å². The Balaban J connectivity index is 0.000000284. The Kier molecular flexibility index (Phi) is 19.4. The van der Waals surface area contributed by atoms with Crippen LogP contribution in [0.2, 0.25) is 0 Å². The highest BCUT2D eigenvalue weighted by Gasteiger charge is 2.43. The normalized spacial score (nSPS) is 18.7. The van der Waals surface area contributed by atoms with Crippen molar-refractivity contribution in [3.8, 4) is 0 Å². The Morgan fingerprint density at radius 2 is 0.935 bits per heavy atom. The van der Waals surface area contributed by atoms with Crippen molar-refractivity contribution in [3.05, 3.63) is 140 Å². The smallest absolute Gasteiger partial charge is 0.416 e. The van der Waals surface area contributed by atoms with Crippen LogP contribution in [0.3, 0.4) is 0 Å². The van der Waals surface area contributed by atoms with Gasteiger partial charge in [0.05, 0.1) is 65.4 Å². The Morgan fingerprint density at radius 1 is 0.571 bits per heavy atom. The van der Waals surface area contributed by atoms with Crippen molar-refractivity contribution in [2.45, 2.75) is 110 Å². The lowest BCUT2D eigenvalue weighted by Gasteiger charge is -2.42. The van der Waals surface area contributed by atoms with E-state index in [4.69, 9.17) is 9.47 Å². The van der Waals surface area contributed by atoms with Crippen molar-refractivity contribution in [2.75, 3.05) is 40.4 Å². The van der Waals surface area contributed by atoms with Crippen molar-refractivity contribution in [3.63, 3.8) is 0 Å². The number of esters is 2. The van der Waals surface area contributed by atoms with Crippen LogP contribution in [0.25, 0.3) is 0 Å². The lowest BCUT2D eigenvalue weighted by Crippen LogP contribution is -2.48. The number of likely N-dealkylation sites (tertiary alicyclic amines) is 2. The molecule has 0 aliphatic carbocycles. The number of ether oxygens (including phenoxy) is 2. The third kappa shape index (κ3) is 15.3. The molecule has 0 unspecified atom stereocenters. The van der Waals surface area contributed by atoms with Gasteiger partial charge in [0.2, 0.25) is 0 Å².